The van der Waals surface area contributed by atoms with Crippen molar-refractivity contribution in [3.05, 3.63) is 101 Å². The van der Waals surface area contributed by atoms with Crippen LogP contribution in [0.15, 0.2) is 79.0 Å². The summed E-state index contributed by atoms with van der Waals surface area (Å²) in [4.78, 5) is 28.7. The fraction of sp³-hybridized carbons (Fsp3) is 0.0870. The van der Waals surface area contributed by atoms with Crippen molar-refractivity contribution in [3.63, 3.8) is 0 Å². The molecule has 0 bridgehead atoms. The molecule has 1 aromatic heterocycles. The molecule has 0 aliphatic carbocycles. The maximum atomic E-state index is 12.3. The zero-order valence-corrected chi connectivity index (χ0v) is 15.6. The number of pyridine rings is 1. The van der Waals surface area contributed by atoms with Gasteiger partial charge in [0.1, 0.15) is 0 Å². The first-order valence-corrected chi connectivity index (χ1v) is 8.94. The van der Waals surface area contributed by atoms with Gasteiger partial charge < -0.3 is 10.6 Å². The Morgan fingerprint density at radius 2 is 1.86 bits per heavy atom. The van der Waals surface area contributed by atoms with Crippen LogP contribution in [0.25, 0.3) is 6.08 Å². The molecule has 0 saturated heterocycles. The highest BCUT2D eigenvalue weighted by molar-refractivity contribution is 6.03. The van der Waals surface area contributed by atoms with Gasteiger partial charge in [0.2, 0.25) is 5.91 Å². The number of aryl methyl sites for hydroxylation is 1. The lowest BCUT2D eigenvalue weighted by Gasteiger charge is -2.07. The molecule has 0 spiro atoms. The molecule has 140 valence electrons. The number of rotatable bonds is 6. The van der Waals surface area contributed by atoms with Gasteiger partial charge in [-0.2, -0.15) is 0 Å². The van der Waals surface area contributed by atoms with E-state index < -0.39 is 0 Å². The molecule has 0 radical (unpaired) electrons. The standard InChI is InChI=1S/C23H21N3O2/c1-17-6-4-7-18(14-17)11-12-22(27)26-20-10-5-8-19(15-20)23(28)25-16-21-9-2-3-13-24-21/h2-15H,16H2,1H3,(H,25,28)(H,26,27)/b12-11+. The molecule has 2 N–H and O–H groups in total. The summed E-state index contributed by atoms with van der Waals surface area (Å²) >= 11 is 0. The van der Waals surface area contributed by atoms with Gasteiger partial charge in [-0.05, 0) is 48.9 Å². The van der Waals surface area contributed by atoms with Crippen molar-refractivity contribution in [3.8, 4) is 0 Å². The number of hydrogen-bond donors (Lipinski definition) is 2. The zero-order chi connectivity index (χ0) is 19.8. The molecule has 5 nitrogen and oxygen atoms in total. The van der Waals surface area contributed by atoms with Gasteiger partial charge in [-0.1, -0.05) is 42.0 Å². The molecule has 0 atom stereocenters. The predicted octanol–water partition coefficient (Wildman–Crippen LogP) is 3.97. The molecule has 0 unspecified atom stereocenters. The van der Waals surface area contributed by atoms with E-state index in [9.17, 15) is 9.59 Å². The Morgan fingerprint density at radius 3 is 2.64 bits per heavy atom. The van der Waals surface area contributed by atoms with Gasteiger partial charge in [-0.3, -0.25) is 14.6 Å². The minimum Gasteiger partial charge on any atom is -0.346 e. The smallest absolute Gasteiger partial charge is 0.251 e. The Labute approximate surface area is 164 Å². The first-order chi connectivity index (χ1) is 13.6. The summed E-state index contributed by atoms with van der Waals surface area (Å²) in [5.74, 6) is -0.482. The van der Waals surface area contributed by atoms with Gasteiger partial charge in [0.05, 0.1) is 12.2 Å². The first kappa shape index (κ1) is 19.0. The van der Waals surface area contributed by atoms with Gasteiger partial charge in [0.15, 0.2) is 0 Å². The highest BCUT2D eigenvalue weighted by Crippen LogP contribution is 2.12. The van der Waals surface area contributed by atoms with Crippen LogP contribution in [0.5, 0.6) is 0 Å². The summed E-state index contributed by atoms with van der Waals surface area (Å²) in [7, 11) is 0. The number of nitrogens with one attached hydrogen (secondary N) is 2. The summed E-state index contributed by atoms with van der Waals surface area (Å²) in [6.07, 6.45) is 4.91. The van der Waals surface area contributed by atoms with Crippen LogP contribution in [-0.2, 0) is 11.3 Å². The van der Waals surface area contributed by atoms with Crippen LogP contribution in [0.4, 0.5) is 5.69 Å². The zero-order valence-electron chi connectivity index (χ0n) is 15.6. The average Bonchev–Trinajstić information content (AvgIpc) is 2.71. The van der Waals surface area contributed by atoms with Crippen LogP contribution in [-0.4, -0.2) is 16.8 Å². The van der Waals surface area contributed by atoms with Crippen LogP contribution in [0.2, 0.25) is 0 Å². The topological polar surface area (TPSA) is 71.1 Å². The van der Waals surface area contributed by atoms with Crippen molar-refractivity contribution >= 4 is 23.6 Å². The van der Waals surface area contributed by atoms with E-state index in [4.69, 9.17) is 0 Å². The van der Waals surface area contributed by atoms with E-state index in [-0.39, 0.29) is 11.8 Å². The number of nitrogens with zero attached hydrogens (tertiary/aromatic N) is 1. The summed E-state index contributed by atoms with van der Waals surface area (Å²) in [5.41, 5.74) is 3.90. The number of carbonyl (C=O) groups excluding carboxylic acids is 2. The summed E-state index contributed by atoms with van der Waals surface area (Å²) in [6, 6.07) is 20.2. The largest absolute Gasteiger partial charge is 0.346 e. The molecule has 0 fully saturated rings. The van der Waals surface area contributed by atoms with Crippen molar-refractivity contribution in [2.24, 2.45) is 0 Å². The van der Waals surface area contributed by atoms with Crippen LogP contribution in [0, 0.1) is 6.92 Å². The Kier molecular flexibility index (Phi) is 6.31. The van der Waals surface area contributed by atoms with Gasteiger partial charge in [0.25, 0.3) is 5.91 Å². The van der Waals surface area contributed by atoms with Crippen LogP contribution < -0.4 is 10.6 Å². The lowest BCUT2D eigenvalue weighted by molar-refractivity contribution is -0.111. The Balaban J connectivity index is 1.59. The molecular formula is C23H21N3O2. The maximum Gasteiger partial charge on any atom is 0.251 e. The van der Waals surface area contributed by atoms with Gasteiger partial charge in [-0.15, -0.1) is 0 Å². The molecule has 3 rings (SSSR count). The summed E-state index contributed by atoms with van der Waals surface area (Å²) in [6.45, 7) is 2.34. The fourth-order valence-electron chi connectivity index (χ4n) is 2.64. The Morgan fingerprint density at radius 1 is 1.00 bits per heavy atom. The van der Waals surface area contributed by atoms with Gasteiger partial charge in [-0.25, -0.2) is 0 Å². The van der Waals surface area contributed by atoms with Crippen LogP contribution in [0.3, 0.4) is 0 Å². The van der Waals surface area contributed by atoms with Crippen molar-refractivity contribution in [1.82, 2.24) is 10.3 Å². The van der Waals surface area contributed by atoms with E-state index in [1.165, 1.54) is 6.08 Å². The normalized spacial score (nSPS) is 10.6. The SMILES string of the molecule is Cc1cccc(/C=C/C(=O)Nc2cccc(C(=O)NCc3ccccn3)c2)c1. The number of hydrogen-bond acceptors (Lipinski definition) is 3. The van der Waals surface area contributed by atoms with Gasteiger partial charge in [0, 0.05) is 23.5 Å². The second-order valence-corrected chi connectivity index (χ2v) is 6.32. The summed E-state index contributed by atoms with van der Waals surface area (Å²) in [5, 5.41) is 5.60. The molecule has 0 saturated carbocycles. The number of aromatic nitrogens is 1. The van der Waals surface area contributed by atoms with E-state index in [2.05, 4.69) is 15.6 Å². The van der Waals surface area contributed by atoms with E-state index in [0.717, 1.165) is 16.8 Å². The quantitative estimate of drug-likeness (QED) is 0.644. The number of benzene rings is 2. The van der Waals surface area contributed by atoms with E-state index in [1.54, 1.807) is 36.5 Å². The molecule has 28 heavy (non-hydrogen) atoms. The van der Waals surface area contributed by atoms with Crippen molar-refractivity contribution < 1.29 is 9.59 Å². The lowest BCUT2D eigenvalue weighted by Crippen LogP contribution is -2.23. The monoisotopic (exact) mass is 371 g/mol. The third kappa shape index (κ3) is 5.64. The third-order valence-corrected chi connectivity index (χ3v) is 4.02. The fourth-order valence-corrected chi connectivity index (χ4v) is 2.64. The second-order valence-electron chi connectivity index (χ2n) is 6.32. The minimum absolute atomic E-state index is 0.225. The van der Waals surface area contributed by atoms with E-state index in [0.29, 0.717) is 17.8 Å². The molecular weight excluding hydrogens is 350 g/mol. The number of carbonyl (C=O) groups is 2. The lowest BCUT2D eigenvalue weighted by atomic mass is 10.1. The highest BCUT2D eigenvalue weighted by Gasteiger charge is 2.07. The first-order valence-electron chi connectivity index (χ1n) is 8.94. The number of amides is 2. The van der Waals surface area contributed by atoms with E-state index >= 15 is 0 Å². The van der Waals surface area contributed by atoms with Crippen molar-refractivity contribution in [2.45, 2.75) is 13.5 Å². The van der Waals surface area contributed by atoms with Crippen LogP contribution >= 0.6 is 0 Å². The predicted molar refractivity (Wildman–Crippen MR) is 111 cm³/mol. The molecule has 0 aliphatic rings. The molecule has 1 heterocycles. The molecule has 2 aromatic carbocycles. The Bertz CT molecular complexity index is 997. The molecule has 3 aromatic rings. The molecule has 2 amide bonds. The van der Waals surface area contributed by atoms with Crippen molar-refractivity contribution in [2.75, 3.05) is 5.32 Å². The second kappa shape index (κ2) is 9.28. The molecule has 0 aliphatic heterocycles. The van der Waals surface area contributed by atoms with Gasteiger partial charge >= 0.3 is 0 Å². The maximum absolute atomic E-state index is 12.3. The summed E-state index contributed by atoms with van der Waals surface area (Å²) < 4.78 is 0. The van der Waals surface area contributed by atoms with E-state index in [1.807, 2.05) is 49.4 Å². The van der Waals surface area contributed by atoms with Crippen LogP contribution in [0.1, 0.15) is 27.2 Å². The third-order valence-electron chi connectivity index (χ3n) is 4.02. The average molecular weight is 371 g/mol. The number of anilines is 1. The molecule has 5 heteroatoms. The van der Waals surface area contributed by atoms with Crippen molar-refractivity contribution in [1.29, 1.82) is 0 Å². The minimum atomic E-state index is -0.257. The Hall–Kier alpha value is -3.73. The highest BCUT2D eigenvalue weighted by atomic mass is 16.2.